The molecule has 0 bridgehead atoms. The van der Waals surface area contributed by atoms with Gasteiger partial charge in [0.05, 0.1) is 23.7 Å². The van der Waals surface area contributed by atoms with Gasteiger partial charge in [0.2, 0.25) is 0 Å². The van der Waals surface area contributed by atoms with Crippen molar-refractivity contribution in [3.63, 3.8) is 0 Å². The number of benzene rings is 1. The normalized spacial score (nSPS) is 19.6. The standard InChI is InChI=1S/C20H23NO5S/c1-2-14-11-13(7-9-25-14)21-19(22)16-5-3-4-6-18(16)27-12-17-15(20(23)24)8-10-26-17/h3-6,8,10,13-14H,2,7,9,11-12H2,1H3,(H,21,22)(H,23,24). The number of amides is 1. The zero-order valence-electron chi connectivity index (χ0n) is 15.1. The Morgan fingerprint density at radius 3 is 2.85 bits per heavy atom. The van der Waals surface area contributed by atoms with Crippen LogP contribution in [0.4, 0.5) is 0 Å². The number of carboxylic acids is 1. The van der Waals surface area contributed by atoms with Crippen molar-refractivity contribution < 1.29 is 23.8 Å². The Hall–Kier alpha value is -2.25. The van der Waals surface area contributed by atoms with Crippen LogP contribution in [-0.2, 0) is 10.5 Å². The Bertz CT molecular complexity index is 803. The number of thioether (sulfide) groups is 1. The van der Waals surface area contributed by atoms with Crippen LogP contribution in [0.2, 0.25) is 0 Å². The van der Waals surface area contributed by atoms with Crippen LogP contribution in [-0.4, -0.2) is 35.7 Å². The number of carbonyl (C=O) groups is 2. The molecular formula is C20H23NO5S. The molecule has 2 N–H and O–H groups in total. The molecule has 0 aliphatic carbocycles. The highest BCUT2D eigenvalue weighted by molar-refractivity contribution is 7.98. The van der Waals surface area contributed by atoms with E-state index in [4.69, 9.17) is 9.15 Å². The molecule has 1 amide bonds. The van der Waals surface area contributed by atoms with Gasteiger partial charge in [0.15, 0.2) is 0 Å². The summed E-state index contributed by atoms with van der Waals surface area (Å²) >= 11 is 1.39. The van der Waals surface area contributed by atoms with E-state index in [-0.39, 0.29) is 23.6 Å². The van der Waals surface area contributed by atoms with E-state index in [0.29, 0.717) is 23.7 Å². The summed E-state index contributed by atoms with van der Waals surface area (Å²) in [5.41, 5.74) is 0.739. The Balaban J connectivity index is 1.67. The van der Waals surface area contributed by atoms with Gasteiger partial charge in [-0.05, 0) is 37.5 Å². The number of hydrogen-bond acceptors (Lipinski definition) is 5. The lowest BCUT2D eigenvalue weighted by molar-refractivity contribution is 0.000598. The second-order valence-corrected chi connectivity index (χ2v) is 7.46. The van der Waals surface area contributed by atoms with Gasteiger partial charge in [-0.15, -0.1) is 11.8 Å². The van der Waals surface area contributed by atoms with Crippen molar-refractivity contribution in [2.24, 2.45) is 0 Å². The SMILES string of the molecule is CCC1CC(NC(=O)c2ccccc2SCc2occc2C(=O)O)CCO1. The average Bonchev–Trinajstić information content (AvgIpc) is 3.15. The fraction of sp³-hybridized carbons (Fsp3) is 0.400. The fourth-order valence-corrected chi connectivity index (χ4v) is 4.13. The van der Waals surface area contributed by atoms with Gasteiger partial charge in [0, 0.05) is 17.5 Å². The topological polar surface area (TPSA) is 88.8 Å². The van der Waals surface area contributed by atoms with Crippen molar-refractivity contribution in [2.45, 2.75) is 49.0 Å². The molecule has 2 unspecified atom stereocenters. The van der Waals surface area contributed by atoms with Crippen molar-refractivity contribution >= 4 is 23.6 Å². The maximum Gasteiger partial charge on any atom is 0.339 e. The highest BCUT2D eigenvalue weighted by Crippen LogP contribution is 2.28. The Kier molecular flexibility index (Phi) is 6.58. The van der Waals surface area contributed by atoms with Crippen LogP contribution in [0, 0.1) is 0 Å². The first-order valence-corrected chi connectivity index (χ1v) is 10.0. The van der Waals surface area contributed by atoms with Crippen molar-refractivity contribution in [2.75, 3.05) is 6.61 Å². The number of carboxylic acid groups (broad SMARTS) is 1. The zero-order chi connectivity index (χ0) is 19.2. The minimum atomic E-state index is -1.02. The van der Waals surface area contributed by atoms with E-state index < -0.39 is 5.97 Å². The molecule has 1 aliphatic heterocycles. The first kappa shape index (κ1) is 19.5. The minimum Gasteiger partial charge on any atom is -0.478 e. The molecule has 1 aromatic carbocycles. The van der Waals surface area contributed by atoms with E-state index in [0.717, 1.165) is 24.2 Å². The molecule has 144 valence electrons. The highest BCUT2D eigenvalue weighted by atomic mass is 32.2. The summed E-state index contributed by atoms with van der Waals surface area (Å²) in [4.78, 5) is 24.8. The summed E-state index contributed by atoms with van der Waals surface area (Å²) in [5.74, 6) is -0.403. The fourth-order valence-electron chi connectivity index (χ4n) is 3.13. The second-order valence-electron chi connectivity index (χ2n) is 6.44. The number of carbonyl (C=O) groups excluding carboxylic acids is 1. The van der Waals surface area contributed by atoms with Crippen LogP contribution >= 0.6 is 11.8 Å². The van der Waals surface area contributed by atoms with Gasteiger partial charge in [0.25, 0.3) is 5.91 Å². The number of aromatic carboxylic acids is 1. The molecule has 7 heteroatoms. The number of rotatable bonds is 7. The first-order valence-electron chi connectivity index (χ1n) is 9.02. The molecule has 1 aliphatic rings. The maximum absolute atomic E-state index is 12.8. The number of furan rings is 1. The Morgan fingerprint density at radius 1 is 1.26 bits per heavy atom. The maximum atomic E-state index is 12.8. The Labute approximate surface area is 162 Å². The lowest BCUT2D eigenvalue weighted by atomic mass is 10.0. The van der Waals surface area contributed by atoms with Crippen LogP contribution in [0.1, 0.15) is 52.7 Å². The van der Waals surface area contributed by atoms with Gasteiger partial charge < -0.3 is 19.6 Å². The highest BCUT2D eigenvalue weighted by Gasteiger charge is 2.24. The summed E-state index contributed by atoms with van der Waals surface area (Å²) in [6.45, 7) is 2.75. The lowest BCUT2D eigenvalue weighted by Crippen LogP contribution is -2.42. The molecule has 1 aromatic heterocycles. The van der Waals surface area contributed by atoms with Crippen LogP contribution in [0.25, 0.3) is 0 Å². The van der Waals surface area contributed by atoms with E-state index in [1.165, 1.54) is 24.1 Å². The summed E-state index contributed by atoms with van der Waals surface area (Å²) in [6.07, 6.45) is 4.14. The van der Waals surface area contributed by atoms with Gasteiger partial charge in [-0.3, -0.25) is 4.79 Å². The van der Waals surface area contributed by atoms with Crippen molar-refractivity contribution in [3.8, 4) is 0 Å². The van der Waals surface area contributed by atoms with Gasteiger partial charge in [-0.2, -0.15) is 0 Å². The van der Waals surface area contributed by atoms with Gasteiger partial charge in [0.1, 0.15) is 11.3 Å². The van der Waals surface area contributed by atoms with Crippen LogP contribution in [0.5, 0.6) is 0 Å². The van der Waals surface area contributed by atoms with E-state index in [9.17, 15) is 14.7 Å². The smallest absolute Gasteiger partial charge is 0.339 e. The molecule has 2 aromatic rings. The molecule has 2 heterocycles. The average molecular weight is 389 g/mol. The molecular weight excluding hydrogens is 366 g/mol. The zero-order valence-corrected chi connectivity index (χ0v) is 16.0. The van der Waals surface area contributed by atoms with Crippen LogP contribution in [0.3, 0.4) is 0 Å². The summed E-state index contributed by atoms with van der Waals surface area (Å²) in [6, 6.07) is 8.88. The third kappa shape index (κ3) is 4.93. The summed E-state index contributed by atoms with van der Waals surface area (Å²) in [7, 11) is 0. The van der Waals surface area contributed by atoms with E-state index in [1.54, 1.807) is 6.07 Å². The molecule has 27 heavy (non-hydrogen) atoms. The molecule has 1 saturated heterocycles. The minimum absolute atomic E-state index is 0.109. The summed E-state index contributed by atoms with van der Waals surface area (Å²) < 4.78 is 10.9. The number of hydrogen-bond donors (Lipinski definition) is 2. The second kappa shape index (κ2) is 9.10. The molecule has 6 nitrogen and oxygen atoms in total. The van der Waals surface area contributed by atoms with Gasteiger partial charge in [-0.25, -0.2) is 4.79 Å². The first-order chi connectivity index (χ1) is 13.1. The number of ether oxygens (including phenoxy) is 1. The van der Waals surface area contributed by atoms with Gasteiger partial charge >= 0.3 is 5.97 Å². The van der Waals surface area contributed by atoms with Crippen molar-refractivity contribution in [1.82, 2.24) is 5.32 Å². The third-order valence-electron chi connectivity index (χ3n) is 4.62. The predicted molar refractivity (Wildman–Crippen MR) is 102 cm³/mol. The largest absolute Gasteiger partial charge is 0.478 e. The lowest BCUT2D eigenvalue weighted by Gasteiger charge is -2.29. The molecule has 1 fully saturated rings. The van der Waals surface area contributed by atoms with Crippen molar-refractivity contribution in [1.29, 1.82) is 0 Å². The Morgan fingerprint density at radius 2 is 2.07 bits per heavy atom. The molecule has 2 atom stereocenters. The molecule has 0 saturated carbocycles. The van der Waals surface area contributed by atoms with Crippen molar-refractivity contribution in [3.05, 3.63) is 53.5 Å². The van der Waals surface area contributed by atoms with Crippen LogP contribution < -0.4 is 5.32 Å². The monoisotopic (exact) mass is 389 g/mol. The quantitative estimate of drug-likeness (QED) is 0.697. The molecule has 0 spiro atoms. The van der Waals surface area contributed by atoms with Crippen LogP contribution in [0.15, 0.2) is 45.9 Å². The van der Waals surface area contributed by atoms with E-state index in [1.807, 2.05) is 18.2 Å². The van der Waals surface area contributed by atoms with E-state index >= 15 is 0 Å². The van der Waals surface area contributed by atoms with E-state index in [2.05, 4.69) is 12.2 Å². The van der Waals surface area contributed by atoms with Gasteiger partial charge in [-0.1, -0.05) is 19.1 Å². The number of nitrogens with one attached hydrogen (secondary N) is 1. The molecule has 0 radical (unpaired) electrons. The summed E-state index contributed by atoms with van der Waals surface area (Å²) in [5, 5.41) is 12.3. The molecule has 3 rings (SSSR count). The third-order valence-corrected chi connectivity index (χ3v) is 5.70. The predicted octanol–water partition coefficient (Wildman–Crippen LogP) is 3.96.